The summed E-state index contributed by atoms with van der Waals surface area (Å²) in [6, 6.07) is 0. The Kier molecular flexibility index (Phi) is 9.21. The molecular formula is C20H35N5O. The Balaban J connectivity index is 1.52. The van der Waals surface area contributed by atoms with Gasteiger partial charge < -0.3 is 9.88 Å². The van der Waals surface area contributed by atoms with Gasteiger partial charge in [0.2, 0.25) is 5.95 Å². The molecular weight excluding hydrogens is 326 g/mol. The van der Waals surface area contributed by atoms with E-state index in [1.807, 2.05) is 11.9 Å². The lowest BCUT2D eigenvalue weighted by molar-refractivity contribution is 0.543. The normalized spacial score (nSPS) is 11.3. The van der Waals surface area contributed by atoms with E-state index in [1.54, 1.807) is 0 Å². The van der Waals surface area contributed by atoms with Crippen molar-refractivity contribution in [2.24, 2.45) is 0 Å². The number of rotatable bonds is 14. The van der Waals surface area contributed by atoms with Crippen molar-refractivity contribution < 1.29 is 0 Å². The summed E-state index contributed by atoms with van der Waals surface area (Å²) >= 11 is 0. The standard InChI is InChI=1S/C20H35N5O/c1-3-4-5-6-7-8-9-10-11-12-13-14-15-25(2)20-23-18-17(19(26)24-20)21-16-22-18/h16H,3-15H2,1-2H3,(H2,21,22,23,24,26). The third-order valence-electron chi connectivity index (χ3n) is 4.99. The van der Waals surface area contributed by atoms with Crippen molar-refractivity contribution >= 4 is 17.1 Å². The summed E-state index contributed by atoms with van der Waals surface area (Å²) in [5.41, 5.74) is 0.752. The van der Waals surface area contributed by atoms with Crippen molar-refractivity contribution in [1.82, 2.24) is 19.9 Å². The van der Waals surface area contributed by atoms with Gasteiger partial charge in [-0.25, -0.2) is 4.98 Å². The number of aromatic amines is 2. The topological polar surface area (TPSA) is 77.7 Å². The lowest BCUT2D eigenvalue weighted by Gasteiger charge is -2.17. The first-order valence-corrected chi connectivity index (χ1v) is 10.4. The molecule has 146 valence electrons. The second kappa shape index (κ2) is 11.7. The number of fused-ring (bicyclic) bond motifs is 1. The minimum Gasteiger partial charge on any atom is -0.345 e. The lowest BCUT2D eigenvalue weighted by Crippen LogP contribution is -2.24. The van der Waals surface area contributed by atoms with Crippen LogP contribution in [0.2, 0.25) is 0 Å². The maximum absolute atomic E-state index is 11.9. The van der Waals surface area contributed by atoms with E-state index in [4.69, 9.17) is 0 Å². The zero-order chi connectivity index (χ0) is 18.6. The van der Waals surface area contributed by atoms with Gasteiger partial charge in [0.15, 0.2) is 11.2 Å². The van der Waals surface area contributed by atoms with Crippen LogP contribution in [0.5, 0.6) is 0 Å². The van der Waals surface area contributed by atoms with Crippen LogP contribution in [-0.4, -0.2) is 33.5 Å². The number of nitrogens with one attached hydrogen (secondary N) is 2. The predicted octanol–water partition coefficient (Wildman–Crippen LogP) is 4.78. The van der Waals surface area contributed by atoms with Gasteiger partial charge in [-0.3, -0.25) is 9.78 Å². The molecule has 6 nitrogen and oxygen atoms in total. The third-order valence-corrected chi connectivity index (χ3v) is 4.99. The van der Waals surface area contributed by atoms with E-state index in [1.165, 1.54) is 77.0 Å². The van der Waals surface area contributed by atoms with E-state index in [9.17, 15) is 4.79 Å². The van der Waals surface area contributed by atoms with E-state index < -0.39 is 0 Å². The van der Waals surface area contributed by atoms with Crippen molar-refractivity contribution in [1.29, 1.82) is 0 Å². The second-order valence-corrected chi connectivity index (χ2v) is 7.30. The molecule has 2 rings (SSSR count). The zero-order valence-corrected chi connectivity index (χ0v) is 16.5. The summed E-state index contributed by atoms with van der Waals surface area (Å²) in [4.78, 5) is 28.1. The van der Waals surface area contributed by atoms with Crippen molar-refractivity contribution in [3.63, 3.8) is 0 Å². The number of hydrogen-bond acceptors (Lipinski definition) is 4. The maximum Gasteiger partial charge on any atom is 0.278 e. The first-order valence-electron chi connectivity index (χ1n) is 10.4. The van der Waals surface area contributed by atoms with Crippen molar-refractivity contribution in [2.75, 3.05) is 18.5 Å². The van der Waals surface area contributed by atoms with Crippen molar-refractivity contribution in [3.05, 3.63) is 16.7 Å². The molecule has 0 fully saturated rings. The predicted molar refractivity (Wildman–Crippen MR) is 109 cm³/mol. The molecule has 0 aliphatic heterocycles. The third kappa shape index (κ3) is 6.81. The average Bonchev–Trinajstić information content (AvgIpc) is 3.11. The summed E-state index contributed by atoms with van der Waals surface area (Å²) in [5, 5.41) is 0. The van der Waals surface area contributed by atoms with Gasteiger partial charge in [-0.15, -0.1) is 0 Å². The molecule has 0 saturated carbocycles. The molecule has 2 aromatic heterocycles. The van der Waals surface area contributed by atoms with Crippen LogP contribution in [0.15, 0.2) is 11.1 Å². The van der Waals surface area contributed by atoms with Crippen LogP contribution in [0, 0.1) is 0 Å². The summed E-state index contributed by atoms with van der Waals surface area (Å²) < 4.78 is 0. The molecule has 0 aromatic carbocycles. The average molecular weight is 362 g/mol. The summed E-state index contributed by atoms with van der Waals surface area (Å²) in [6.07, 6.45) is 17.6. The highest BCUT2D eigenvalue weighted by Crippen LogP contribution is 2.13. The number of unbranched alkanes of at least 4 members (excludes halogenated alkanes) is 11. The minimum absolute atomic E-state index is 0.163. The highest BCUT2D eigenvalue weighted by Gasteiger charge is 2.09. The Hall–Kier alpha value is -1.85. The Morgan fingerprint density at radius 2 is 1.50 bits per heavy atom. The van der Waals surface area contributed by atoms with Crippen LogP contribution < -0.4 is 10.5 Å². The van der Waals surface area contributed by atoms with Gasteiger partial charge in [-0.1, -0.05) is 77.6 Å². The Labute approximate surface area is 156 Å². The molecule has 0 unspecified atom stereocenters. The van der Waals surface area contributed by atoms with Gasteiger partial charge >= 0.3 is 0 Å². The monoisotopic (exact) mass is 361 g/mol. The van der Waals surface area contributed by atoms with E-state index in [-0.39, 0.29) is 5.56 Å². The molecule has 0 bridgehead atoms. The second-order valence-electron chi connectivity index (χ2n) is 7.30. The smallest absolute Gasteiger partial charge is 0.278 e. The number of nitrogens with zero attached hydrogens (tertiary/aromatic N) is 3. The van der Waals surface area contributed by atoms with Crippen molar-refractivity contribution in [3.8, 4) is 0 Å². The molecule has 2 heterocycles. The maximum atomic E-state index is 11.9. The van der Waals surface area contributed by atoms with Crippen LogP contribution in [0.25, 0.3) is 11.2 Å². The largest absolute Gasteiger partial charge is 0.345 e. The number of aromatic nitrogens is 4. The molecule has 0 atom stereocenters. The van der Waals surface area contributed by atoms with Gasteiger partial charge in [0.25, 0.3) is 5.56 Å². The van der Waals surface area contributed by atoms with Crippen LogP contribution in [0.4, 0.5) is 5.95 Å². The number of imidazole rings is 1. The molecule has 0 saturated heterocycles. The van der Waals surface area contributed by atoms with Crippen LogP contribution in [0.1, 0.15) is 84.0 Å². The molecule has 2 N–H and O–H groups in total. The zero-order valence-electron chi connectivity index (χ0n) is 16.5. The summed E-state index contributed by atoms with van der Waals surface area (Å²) in [7, 11) is 1.97. The molecule has 6 heteroatoms. The number of hydrogen-bond donors (Lipinski definition) is 2. The fraction of sp³-hybridized carbons (Fsp3) is 0.750. The molecule has 0 aliphatic rings. The van der Waals surface area contributed by atoms with Gasteiger partial charge in [0.1, 0.15) is 0 Å². The Morgan fingerprint density at radius 3 is 2.12 bits per heavy atom. The van der Waals surface area contributed by atoms with E-state index in [0.717, 1.165) is 13.0 Å². The first kappa shape index (κ1) is 20.5. The Morgan fingerprint density at radius 1 is 0.923 bits per heavy atom. The van der Waals surface area contributed by atoms with Gasteiger partial charge in [0.05, 0.1) is 6.33 Å². The van der Waals surface area contributed by atoms with Crippen LogP contribution in [-0.2, 0) is 0 Å². The molecule has 0 spiro atoms. The summed E-state index contributed by atoms with van der Waals surface area (Å²) in [5.74, 6) is 0.595. The fourth-order valence-corrected chi connectivity index (χ4v) is 3.31. The Bertz CT molecular complexity index is 678. The summed E-state index contributed by atoms with van der Waals surface area (Å²) in [6.45, 7) is 3.17. The molecule has 0 radical (unpaired) electrons. The number of anilines is 1. The van der Waals surface area contributed by atoms with Crippen molar-refractivity contribution in [2.45, 2.75) is 84.0 Å². The van der Waals surface area contributed by atoms with Crippen LogP contribution in [0.3, 0.4) is 0 Å². The highest BCUT2D eigenvalue weighted by atomic mass is 16.1. The first-order chi connectivity index (χ1) is 12.7. The highest BCUT2D eigenvalue weighted by molar-refractivity contribution is 5.69. The van der Waals surface area contributed by atoms with Gasteiger partial charge in [-0.05, 0) is 6.42 Å². The fourth-order valence-electron chi connectivity index (χ4n) is 3.31. The molecule has 0 aliphatic carbocycles. The molecule has 2 aromatic rings. The SMILES string of the molecule is CCCCCCCCCCCCCCN(C)c1nc2nc[nH]c2c(=O)[nH]1. The molecule has 0 amide bonds. The minimum atomic E-state index is -0.163. The van der Waals surface area contributed by atoms with E-state index in [2.05, 4.69) is 26.9 Å². The molecule has 26 heavy (non-hydrogen) atoms. The van der Waals surface area contributed by atoms with Crippen LogP contribution >= 0.6 is 0 Å². The van der Waals surface area contributed by atoms with E-state index in [0.29, 0.717) is 17.1 Å². The number of H-pyrrole nitrogens is 2. The van der Waals surface area contributed by atoms with Gasteiger partial charge in [0, 0.05) is 13.6 Å². The quantitative estimate of drug-likeness (QED) is 0.475. The van der Waals surface area contributed by atoms with E-state index >= 15 is 0 Å². The lowest BCUT2D eigenvalue weighted by atomic mass is 10.1. The van der Waals surface area contributed by atoms with Gasteiger partial charge in [-0.2, -0.15) is 4.98 Å².